The molecular weight excluding hydrogens is 253 g/mol. The summed E-state index contributed by atoms with van der Waals surface area (Å²) < 4.78 is 38.7. The molecule has 106 valence electrons. The van der Waals surface area contributed by atoms with Gasteiger partial charge in [0.15, 0.2) is 0 Å². The van der Waals surface area contributed by atoms with E-state index >= 15 is 0 Å². The van der Waals surface area contributed by atoms with Crippen LogP contribution in [0.25, 0.3) is 0 Å². The highest BCUT2D eigenvalue weighted by atomic mass is 19.4. The van der Waals surface area contributed by atoms with Gasteiger partial charge in [-0.15, -0.1) is 0 Å². The molecule has 5 heteroatoms. The maximum atomic E-state index is 12.9. The molecule has 0 radical (unpaired) electrons. The summed E-state index contributed by atoms with van der Waals surface area (Å²) in [6, 6.07) is 2.58. The number of nitrogens with zero attached hydrogens (tertiary/aromatic N) is 1. The van der Waals surface area contributed by atoms with Gasteiger partial charge in [0.05, 0.1) is 11.3 Å². The van der Waals surface area contributed by atoms with Gasteiger partial charge in [0.25, 0.3) is 0 Å². The Kier molecular flexibility index (Phi) is 4.45. The molecule has 2 nitrogen and oxygen atoms in total. The summed E-state index contributed by atoms with van der Waals surface area (Å²) in [4.78, 5) is 3.94. The van der Waals surface area contributed by atoms with Crippen LogP contribution in [-0.4, -0.2) is 17.6 Å². The van der Waals surface area contributed by atoms with Crippen molar-refractivity contribution in [1.82, 2.24) is 10.3 Å². The molecule has 0 amide bonds. The fraction of sp³-hybridized carbons (Fsp3) is 0.643. The van der Waals surface area contributed by atoms with Crippen LogP contribution in [0.5, 0.6) is 0 Å². The number of hydrogen-bond donors (Lipinski definition) is 1. The summed E-state index contributed by atoms with van der Waals surface area (Å²) in [5.74, 6) is 0.509. The number of rotatable bonds is 6. The smallest absolute Gasteiger partial charge is 0.313 e. The topological polar surface area (TPSA) is 24.9 Å². The maximum absolute atomic E-state index is 12.9. The SMILES string of the molecule is CCCNC(Cc1ncccc1C(F)(F)F)C1CC1. The lowest BCUT2D eigenvalue weighted by Crippen LogP contribution is -2.34. The number of aromatic nitrogens is 1. The van der Waals surface area contributed by atoms with E-state index in [1.165, 1.54) is 12.3 Å². The molecule has 1 unspecified atom stereocenters. The van der Waals surface area contributed by atoms with Gasteiger partial charge < -0.3 is 5.32 Å². The fourth-order valence-corrected chi connectivity index (χ4v) is 2.30. The molecule has 19 heavy (non-hydrogen) atoms. The molecule has 1 saturated carbocycles. The van der Waals surface area contributed by atoms with Gasteiger partial charge >= 0.3 is 6.18 Å². The van der Waals surface area contributed by atoms with Gasteiger partial charge in [-0.2, -0.15) is 13.2 Å². The number of halogens is 3. The van der Waals surface area contributed by atoms with E-state index in [0.717, 1.165) is 31.9 Å². The summed E-state index contributed by atoms with van der Waals surface area (Å²) in [6.45, 7) is 2.90. The summed E-state index contributed by atoms with van der Waals surface area (Å²) in [7, 11) is 0. The molecule has 0 aliphatic heterocycles. The minimum Gasteiger partial charge on any atom is -0.313 e. The third-order valence-corrected chi connectivity index (χ3v) is 3.46. The van der Waals surface area contributed by atoms with Crippen molar-refractivity contribution in [3.63, 3.8) is 0 Å². The van der Waals surface area contributed by atoms with E-state index in [4.69, 9.17) is 0 Å². The van der Waals surface area contributed by atoms with E-state index in [1.807, 2.05) is 0 Å². The Morgan fingerprint density at radius 1 is 1.42 bits per heavy atom. The number of hydrogen-bond acceptors (Lipinski definition) is 2. The predicted octanol–water partition coefficient (Wildman–Crippen LogP) is 3.42. The highest BCUT2D eigenvalue weighted by Gasteiger charge is 2.36. The fourth-order valence-electron chi connectivity index (χ4n) is 2.30. The van der Waals surface area contributed by atoms with Crippen LogP contribution in [0, 0.1) is 5.92 Å². The van der Waals surface area contributed by atoms with Crippen LogP contribution in [0.15, 0.2) is 18.3 Å². The normalized spacial score (nSPS) is 17.5. The quantitative estimate of drug-likeness (QED) is 0.858. The molecule has 0 aromatic carbocycles. The summed E-state index contributed by atoms with van der Waals surface area (Å²) in [5, 5.41) is 3.35. The molecule has 1 atom stereocenters. The summed E-state index contributed by atoms with van der Waals surface area (Å²) in [5.41, 5.74) is -0.436. The maximum Gasteiger partial charge on any atom is 0.418 e. The number of nitrogens with one attached hydrogen (secondary N) is 1. The van der Waals surface area contributed by atoms with Crippen LogP contribution in [-0.2, 0) is 12.6 Å². The molecule has 1 N–H and O–H groups in total. The average Bonchev–Trinajstić information content (AvgIpc) is 3.18. The van der Waals surface area contributed by atoms with Crippen molar-refractivity contribution in [3.05, 3.63) is 29.6 Å². The van der Waals surface area contributed by atoms with Crippen molar-refractivity contribution in [1.29, 1.82) is 0 Å². The molecule has 1 heterocycles. The molecule has 1 aliphatic rings. The molecule has 1 aromatic heterocycles. The third-order valence-electron chi connectivity index (χ3n) is 3.46. The van der Waals surface area contributed by atoms with Gasteiger partial charge in [-0.25, -0.2) is 0 Å². The first-order valence-corrected chi connectivity index (χ1v) is 6.77. The van der Waals surface area contributed by atoms with Gasteiger partial charge in [-0.3, -0.25) is 4.98 Å². The predicted molar refractivity (Wildman–Crippen MR) is 67.7 cm³/mol. The Morgan fingerprint density at radius 3 is 2.74 bits per heavy atom. The zero-order valence-electron chi connectivity index (χ0n) is 11.0. The van der Waals surface area contributed by atoms with Crippen LogP contribution < -0.4 is 5.32 Å². The minimum absolute atomic E-state index is 0.121. The van der Waals surface area contributed by atoms with Crippen molar-refractivity contribution in [2.24, 2.45) is 5.92 Å². The van der Waals surface area contributed by atoms with Crippen molar-refractivity contribution in [2.45, 2.75) is 44.8 Å². The Balaban J connectivity index is 2.12. The second-order valence-corrected chi connectivity index (χ2v) is 5.10. The Bertz CT molecular complexity index is 413. The van der Waals surface area contributed by atoms with E-state index in [9.17, 15) is 13.2 Å². The molecule has 0 saturated heterocycles. The minimum atomic E-state index is -4.32. The van der Waals surface area contributed by atoms with E-state index in [-0.39, 0.29) is 11.7 Å². The van der Waals surface area contributed by atoms with Crippen molar-refractivity contribution in [3.8, 4) is 0 Å². The Hall–Kier alpha value is -1.10. The average molecular weight is 272 g/mol. The molecule has 0 bridgehead atoms. The molecule has 2 rings (SSSR count). The molecular formula is C14H19F3N2. The second-order valence-electron chi connectivity index (χ2n) is 5.10. The summed E-state index contributed by atoms with van der Waals surface area (Å²) in [6.07, 6.45) is 0.680. The lowest BCUT2D eigenvalue weighted by molar-refractivity contribution is -0.138. The zero-order valence-corrected chi connectivity index (χ0v) is 11.0. The Morgan fingerprint density at radius 2 is 2.16 bits per heavy atom. The monoisotopic (exact) mass is 272 g/mol. The highest BCUT2D eigenvalue weighted by molar-refractivity contribution is 5.24. The first-order valence-electron chi connectivity index (χ1n) is 6.77. The lowest BCUT2D eigenvalue weighted by atomic mass is 10.0. The zero-order chi connectivity index (χ0) is 13.9. The molecule has 1 aromatic rings. The number of alkyl halides is 3. The lowest BCUT2D eigenvalue weighted by Gasteiger charge is -2.19. The van der Waals surface area contributed by atoms with E-state index in [2.05, 4.69) is 17.2 Å². The third kappa shape index (κ3) is 3.93. The van der Waals surface area contributed by atoms with Crippen molar-refractivity contribution >= 4 is 0 Å². The first-order chi connectivity index (χ1) is 9.02. The highest BCUT2D eigenvalue weighted by Crippen LogP contribution is 2.36. The van der Waals surface area contributed by atoms with Gasteiger partial charge in [0.1, 0.15) is 0 Å². The Labute approximate surface area is 111 Å². The van der Waals surface area contributed by atoms with E-state index in [1.54, 1.807) is 0 Å². The molecule has 1 fully saturated rings. The summed E-state index contributed by atoms with van der Waals surface area (Å²) >= 11 is 0. The van der Waals surface area contributed by atoms with Gasteiger partial charge in [-0.1, -0.05) is 6.92 Å². The van der Waals surface area contributed by atoms with Gasteiger partial charge in [0.2, 0.25) is 0 Å². The van der Waals surface area contributed by atoms with E-state index < -0.39 is 11.7 Å². The molecule has 1 aliphatic carbocycles. The van der Waals surface area contributed by atoms with Gasteiger partial charge in [0, 0.05) is 18.7 Å². The standard InChI is InChI=1S/C14H19F3N2/c1-2-7-18-12(10-5-6-10)9-13-11(14(15,16)17)4-3-8-19-13/h3-4,8,10,12,18H,2,5-7,9H2,1H3. The van der Waals surface area contributed by atoms with Crippen LogP contribution in [0.4, 0.5) is 13.2 Å². The second kappa shape index (κ2) is 5.90. The van der Waals surface area contributed by atoms with Crippen molar-refractivity contribution < 1.29 is 13.2 Å². The van der Waals surface area contributed by atoms with Gasteiger partial charge in [-0.05, 0) is 43.9 Å². The van der Waals surface area contributed by atoms with Crippen LogP contribution in [0.1, 0.15) is 37.4 Å². The van der Waals surface area contributed by atoms with Crippen LogP contribution >= 0.6 is 0 Å². The largest absolute Gasteiger partial charge is 0.418 e. The molecule has 0 spiro atoms. The number of pyridine rings is 1. The first kappa shape index (κ1) is 14.3. The van der Waals surface area contributed by atoms with Crippen LogP contribution in [0.3, 0.4) is 0 Å². The van der Waals surface area contributed by atoms with E-state index in [0.29, 0.717) is 12.3 Å². The van der Waals surface area contributed by atoms with Crippen molar-refractivity contribution in [2.75, 3.05) is 6.54 Å². The van der Waals surface area contributed by atoms with Crippen LogP contribution in [0.2, 0.25) is 0 Å².